The van der Waals surface area contributed by atoms with Gasteiger partial charge in [-0.1, -0.05) is 20.8 Å². The standard InChI is InChI=1S/C14H22BrN3O2/c1-4-14(5-7-20-8-6-14)16-13(19)12-10(15)11(9(2)3)17-18-12/h9H,4-8H2,1-3H3,(H,16,19)(H,17,18). The third kappa shape index (κ3) is 3.06. The van der Waals surface area contributed by atoms with E-state index in [2.05, 4.69) is 52.2 Å². The van der Waals surface area contributed by atoms with Crippen LogP contribution in [0.2, 0.25) is 0 Å². The summed E-state index contributed by atoms with van der Waals surface area (Å²) in [6.07, 6.45) is 2.61. The fourth-order valence-corrected chi connectivity index (χ4v) is 3.32. The van der Waals surface area contributed by atoms with Crippen molar-refractivity contribution in [2.24, 2.45) is 0 Å². The second-order valence-electron chi connectivity index (χ2n) is 5.65. The molecule has 2 N–H and O–H groups in total. The number of hydrogen-bond acceptors (Lipinski definition) is 3. The smallest absolute Gasteiger partial charge is 0.273 e. The SMILES string of the molecule is CCC1(NC(=O)c2n[nH]c(C(C)C)c2Br)CCOCC1. The molecule has 20 heavy (non-hydrogen) atoms. The highest BCUT2D eigenvalue weighted by atomic mass is 79.9. The number of carbonyl (C=O) groups excluding carboxylic acids is 1. The van der Waals surface area contributed by atoms with Crippen molar-refractivity contribution in [3.05, 3.63) is 15.9 Å². The summed E-state index contributed by atoms with van der Waals surface area (Å²) in [6.45, 7) is 7.63. The molecule has 6 heteroatoms. The van der Waals surface area contributed by atoms with Crippen LogP contribution in [0, 0.1) is 0 Å². The first-order valence-electron chi connectivity index (χ1n) is 7.13. The maximum absolute atomic E-state index is 12.5. The normalized spacial score (nSPS) is 18.2. The molecule has 1 aromatic rings. The Morgan fingerprint density at radius 3 is 2.65 bits per heavy atom. The van der Waals surface area contributed by atoms with Crippen LogP contribution in [0.15, 0.2) is 4.47 Å². The summed E-state index contributed by atoms with van der Waals surface area (Å²) in [5, 5.41) is 10.3. The average Bonchev–Trinajstić information content (AvgIpc) is 2.82. The fourth-order valence-electron chi connectivity index (χ4n) is 2.50. The molecule has 0 radical (unpaired) electrons. The van der Waals surface area contributed by atoms with Crippen LogP contribution in [-0.2, 0) is 4.74 Å². The van der Waals surface area contributed by atoms with Gasteiger partial charge in [0.25, 0.3) is 5.91 Å². The summed E-state index contributed by atoms with van der Waals surface area (Å²) in [7, 11) is 0. The van der Waals surface area contributed by atoms with E-state index in [0.29, 0.717) is 24.8 Å². The number of amides is 1. The van der Waals surface area contributed by atoms with Gasteiger partial charge in [-0.25, -0.2) is 0 Å². The van der Waals surface area contributed by atoms with E-state index in [4.69, 9.17) is 4.74 Å². The van der Waals surface area contributed by atoms with Crippen LogP contribution in [0.3, 0.4) is 0 Å². The number of halogens is 1. The number of aromatic amines is 1. The molecule has 0 atom stereocenters. The first kappa shape index (κ1) is 15.5. The zero-order chi connectivity index (χ0) is 14.8. The zero-order valence-electron chi connectivity index (χ0n) is 12.3. The number of carbonyl (C=O) groups is 1. The molecule has 1 saturated heterocycles. The van der Waals surface area contributed by atoms with Crippen molar-refractivity contribution in [3.8, 4) is 0 Å². The Morgan fingerprint density at radius 1 is 1.50 bits per heavy atom. The van der Waals surface area contributed by atoms with Crippen LogP contribution in [0.25, 0.3) is 0 Å². The van der Waals surface area contributed by atoms with E-state index in [0.717, 1.165) is 29.4 Å². The van der Waals surface area contributed by atoms with Gasteiger partial charge in [-0.3, -0.25) is 9.89 Å². The molecule has 1 aromatic heterocycles. The number of nitrogens with zero attached hydrogens (tertiary/aromatic N) is 1. The predicted octanol–water partition coefficient (Wildman–Crippen LogP) is 2.98. The van der Waals surface area contributed by atoms with Crippen molar-refractivity contribution >= 4 is 21.8 Å². The van der Waals surface area contributed by atoms with E-state index in [9.17, 15) is 4.79 Å². The highest BCUT2D eigenvalue weighted by Crippen LogP contribution is 2.28. The van der Waals surface area contributed by atoms with E-state index in [1.165, 1.54) is 0 Å². The lowest BCUT2D eigenvalue weighted by Crippen LogP contribution is -2.51. The van der Waals surface area contributed by atoms with Gasteiger partial charge in [0.2, 0.25) is 0 Å². The molecule has 1 aliphatic rings. The summed E-state index contributed by atoms with van der Waals surface area (Å²) >= 11 is 3.48. The molecule has 5 nitrogen and oxygen atoms in total. The first-order valence-corrected chi connectivity index (χ1v) is 7.92. The molecule has 112 valence electrons. The minimum Gasteiger partial charge on any atom is -0.381 e. The summed E-state index contributed by atoms with van der Waals surface area (Å²) in [5.74, 6) is 0.172. The van der Waals surface area contributed by atoms with Gasteiger partial charge in [0.05, 0.1) is 10.2 Å². The Labute approximate surface area is 128 Å². The third-order valence-electron chi connectivity index (χ3n) is 4.03. The third-order valence-corrected chi connectivity index (χ3v) is 4.83. The van der Waals surface area contributed by atoms with Crippen LogP contribution in [0.5, 0.6) is 0 Å². The number of hydrogen-bond donors (Lipinski definition) is 2. The molecule has 2 heterocycles. The maximum Gasteiger partial charge on any atom is 0.273 e. The van der Waals surface area contributed by atoms with Crippen molar-refractivity contribution in [1.29, 1.82) is 0 Å². The highest BCUT2D eigenvalue weighted by Gasteiger charge is 2.34. The predicted molar refractivity (Wildman–Crippen MR) is 80.9 cm³/mol. The Bertz CT molecular complexity index is 479. The monoisotopic (exact) mass is 343 g/mol. The van der Waals surface area contributed by atoms with Gasteiger partial charge in [0.15, 0.2) is 5.69 Å². The summed E-state index contributed by atoms with van der Waals surface area (Å²) in [4.78, 5) is 12.5. The van der Waals surface area contributed by atoms with Crippen LogP contribution in [-0.4, -0.2) is 34.9 Å². The second kappa shape index (κ2) is 6.26. The summed E-state index contributed by atoms with van der Waals surface area (Å²) < 4.78 is 6.16. The van der Waals surface area contributed by atoms with Crippen LogP contribution < -0.4 is 5.32 Å². The van der Waals surface area contributed by atoms with Crippen molar-refractivity contribution in [3.63, 3.8) is 0 Å². The maximum atomic E-state index is 12.5. The van der Waals surface area contributed by atoms with Crippen molar-refractivity contribution in [2.45, 2.75) is 51.5 Å². The molecule has 0 bridgehead atoms. The van der Waals surface area contributed by atoms with Crippen molar-refractivity contribution in [1.82, 2.24) is 15.5 Å². The molecule has 0 saturated carbocycles. The lowest BCUT2D eigenvalue weighted by Gasteiger charge is -2.37. The molecule has 0 aliphatic carbocycles. The van der Waals surface area contributed by atoms with E-state index in [1.54, 1.807) is 0 Å². The van der Waals surface area contributed by atoms with Gasteiger partial charge in [0, 0.05) is 18.8 Å². The number of ether oxygens (including phenoxy) is 1. The summed E-state index contributed by atoms with van der Waals surface area (Å²) in [5.41, 5.74) is 1.23. The van der Waals surface area contributed by atoms with Crippen LogP contribution >= 0.6 is 15.9 Å². The van der Waals surface area contributed by atoms with Gasteiger partial charge in [-0.05, 0) is 41.1 Å². The minimum absolute atomic E-state index is 0.122. The first-order chi connectivity index (χ1) is 9.49. The molecule has 1 aliphatic heterocycles. The van der Waals surface area contributed by atoms with E-state index < -0.39 is 0 Å². The lowest BCUT2D eigenvalue weighted by molar-refractivity contribution is 0.0343. The van der Waals surface area contributed by atoms with Gasteiger partial charge in [0.1, 0.15) is 0 Å². The highest BCUT2D eigenvalue weighted by molar-refractivity contribution is 9.10. The fraction of sp³-hybridized carbons (Fsp3) is 0.714. The van der Waals surface area contributed by atoms with Gasteiger partial charge < -0.3 is 10.1 Å². The van der Waals surface area contributed by atoms with Crippen molar-refractivity contribution in [2.75, 3.05) is 13.2 Å². The molecular formula is C14H22BrN3O2. The molecule has 0 unspecified atom stereocenters. The van der Waals surface area contributed by atoms with Crippen LogP contribution in [0.4, 0.5) is 0 Å². The number of H-pyrrole nitrogens is 1. The molecule has 0 aromatic carbocycles. The molecule has 0 spiro atoms. The van der Waals surface area contributed by atoms with Gasteiger partial charge >= 0.3 is 0 Å². The quantitative estimate of drug-likeness (QED) is 0.882. The van der Waals surface area contributed by atoms with Crippen LogP contribution in [0.1, 0.15) is 62.1 Å². The molecule has 1 amide bonds. The second-order valence-corrected chi connectivity index (χ2v) is 6.45. The average molecular weight is 344 g/mol. The van der Waals surface area contributed by atoms with Gasteiger partial charge in [-0.2, -0.15) is 5.10 Å². The Hall–Kier alpha value is -0.880. The largest absolute Gasteiger partial charge is 0.381 e. The van der Waals surface area contributed by atoms with Crippen molar-refractivity contribution < 1.29 is 9.53 Å². The molecular weight excluding hydrogens is 322 g/mol. The molecule has 2 rings (SSSR count). The number of nitrogens with one attached hydrogen (secondary N) is 2. The van der Waals surface area contributed by atoms with E-state index in [1.807, 2.05) is 0 Å². The van der Waals surface area contributed by atoms with Gasteiger partial charge in [-0.15, -0.1) is 0 Å². The minimum atomic E-state index is -0.161. The number of rotatable bonds is 4. The Kier molecular flexibility index (Phi) is 4.86. The zero-order valence-corrected chi connectivity index (χ0v) is 13.8. The summed E-state index contributed by atoms with van der Waals surface area (Å²) in [6, 6.07) is 0. The van der Waals surface area contributed by atoms with E-state index >= 15 is 0 Å². The lowest BCUT2D eigenvalue weighted by atomic mass is 9.87. The Balaban J connectivity index is 2.15. The van der Waals surface area contributed by atoms with E-state index in [-0.39, 0.29) is 11.4 Å². The molecule has 1 fully saturated rings. The Morgan fingerprint density at radius 2 is 2.15 bits per heavy atom. The topological polar surface area (TPSA) is 67.0 Å². The number of aromatic nitrogens is 2.